The highest BCUT2D eigenvalue weighted by Gasteiger charge is 2.47. The van der Waals surface area contributed by atoms with Crippen molar-refractivity contribution < 1.29 is 14.6 Å². The van der Waals surface area contributed by atoms with Gasteiger partial charge in [0.25, 0.3) is 8.32 Å². The summed E-state index contributed by atoms with van der Waals surface area (Å²) >= 11 is 0. The monoisotopic (exact) mass is 497 g/mol. The predicted molar refractivity (Wildman–Crippen MR) is 148 cm³/mol. The van der Waals surface area contributed by atoms with E-state index in [0.717, 1.165) is 37.2 Å². The fourth-order valence-electron chi connectivity index (χ4n) is 6.27. The first-order chi connectivity index (χ1) is 16.5. The van der Waals surface area contributed by atoms with Crippen LogP contribution in [0.5, 0.6) is 5.75 Å². The molecule has 1 aliphatic heterocycles. The molecule has 0 spiro atoms. The van der Waals surface area contributed by atoms with Crippen LogP contribution in [-0.4, -0.2) is 48.2 Å². The van der Waals surface area contributed by atoms with E-state index in [-0.39, 0.29) is 6.04 Å². The zero-order valence-electron chi connectivity index (χ0n) is 22.9. The van der Waals surface area contributed by atoms with Gasteiger partial charge in [0.05, 0.1) is 11.7 Å². The van der Waals surface area contributed by atoms with Gasteiger partial charge in [-0.1, -0.05) is 84.0 Å². The average molecular weight is 498 g/mol. The predicted octanol–water partition coefficient (Wildman–Crippen LogP) is 6.73. The second-order valence-corrected chi connectivity index (χ2v) is 17.0. The van der Waals surface area contributed by atoms with Crippen LogP contribution in [0.2, 0.25) is 16.6 Å². The van der Waals surface area contributed by atoms with Crippen LogP contribution in [0, 0.1) is 0 Å². The molecule has 0 bridgehead atoms. The maximum absolute atomic E-state index is 11.2. The van der Waals surface area contributed by atoms with Crippen LogP contribution in [0.3, 0.4) is 0 Å². The highest BCUT2D eigenvalue weighted by atomic mass is 28.4. The number of nitrogens with zero attached hydrogens (tertiary/aromatic N) is 1. The zero-order chi connectivity index (χ0) is 25.8. The number of benzene rings is 2. The highest BCUT2D eigenvalue weighted by Crippen LogP contribution is 2.43. The van der Waals surface area contributed by atoms with Crippen LogP contribution in [0.15, 0.2) is 54.6 Å². The number of hydrogen-bond acceptors (Lipinski definition) is 4. The molecule has 1 heterocycles. The summed E-state index contributed by atoms with van der Waals surface area (Å²) in [6, 6.07) is 18.3. The molecule has 4 nitrogen and oxygen atoms in total. The number of rotatable bonds is 10. The minimum absolute atomic E-state index is 0.0153. The molecule has 0 amide bonds. The molecule has 194 valence electrons. The lowest BCUT2D eigenvalue weighted by molar-refractivity contribution is -0.0456. The lowest BCUT2D eigenvalue weighted by Gasteiger charge is -2.42. The van der Waals surface area contributed by atoms with Gasteiger partial charge in [0.1, 0.15) is 5.75 Å². The standard InChI is InChI=1S/C30H47NO3Si/c1-22(2)35(23(3)4,24(5)6)34-28-15-13-27(14-16-28)29(32)25(7)31-19-17-30(33,18-20-31)21-26-11-9-8-10-12-26/h8-16,22-25,29,32-33H,17-21H2,1-7H3/t25-,29-/m0/s1. The third kappa shape index (κ3) is 6.37. The van der Waals surface area contributed by atoms with Gasteiger partial charge in [-0.3, -0.25) is 4.90 Å². The molecule has 35 heavy (non-hydrogen) atoms. The van der Waals surface area contributed by atoms with Gasteiger partial charge in [-0.15, -0.1) is 0 Å². The van der Waals surface area contributed by atoms with Crippen molar-refractivity contribution in [3.8, 4) is 5.75 Å². The third-order valence-electron chi connectivity index (χ3n) is 8.36. The van der Waals surface area contributed by atoms with E-state index in [9.17, 15) is 10.2 Å². The van der Waals surface area contributed by atoms with Crippen molar-refractivity contribution in [1.29, 1.82) is 0 Å². The Morgan fingerprint density at radius 2 is 1.34 bits per heavy atom. The number of aliphatic hydroxyl groups excluding tert-OH is 1. The maximum Gasteiger partial charge on any atom is 0.258 e. The van der Waals surface area contributed by atoms with Crippen LogP contribution in [0.1, 0.15) is 78.5 Å². The lowest BCUT2D eigenvalue weighted by atomic mass is 9.84. The van der Waals surface area contributed by atoms with Crippen molar-refractivity contribution in [3.63, 3.8) is 0 Å². The molecule has 1 saturated heterocycles. The molecular formula is C30H47NO3Si. The first-order valence-electron chi connectivity index (χ1n) is 13.5. The Morgan fingerprint density at radius 1 is 0.829 bits per heavy atom. The highest BCUT2D eigenvalue weighted by molar-refractivity contribution is 6.78. The molecule has 1 fully saturated rings. The minimum atomic E-state index is -2.00. The summed E-state index contributed by atoms with van der Waals surface area (Å²) in [5, 5.41) is 22.3. The van der Waals surface area contributed by atoms with E-state index >= 15 is 0 Å². The fraction of sp³-hybridized carbons (Fsp3) is 0.600. The van der Waals surface area contributed by atoms with Gasteiger partial charge in [0, 0.05) is 25.6 Å². The van der Waals surface area contributed by atoms with Crippen LogP contribution in [-0.2, 0) is 6.42 Å². The Balaban J connectivity index is 1.62. The van der Waals surface area contributed by atoms with E-state index in [2.05, 4.69) is 65.5 Å². The fourth-order valence-corrected chi connectivity index (χ4v) is 11.5. The summed E-state index contributed by atoms with van der Waals surface area (Å²) in [6.45, 7) is 17.4. The molecular weight excluding hydrogens is 450 g/mol. The molecule has 0 aliphatic carbocycles. The molecule has 0 unspecified atom stereocenters. The smallest absolute Gasteiger partial charge is 0.258 e. The van der Waals surface area contributed by atoms with Crippen LogP contribution < -0.4 is 4.43 Å². The SMILES string of the molecule is CC(C)[Si](Oc1ccc([C@@H](O)[C@H](C)N2CCC(O)(Cc3ccccc3)CC2)cc1)(C(C)C)C(C)C. The Morgan fingerprint density at radius 3 is 1.83 bits per heavy atom. The molecule has 2 N–H and O–H groups in total. The van der Waals surface area contributed by atoms with Gasteiger partial charge >= 0.3 is 0 Å². The van der Waals surface area contributed by atoms with Gasteiger partial charge in [0.15, 0.2) is 0 Å². The molecule has 3 rings (SSSR count). The first-order valence-corrected chi connectivity index (χ1v) is 15.6. The van der Waals surface area contributed by atoms with Crippen molar-refractivity contribution >= 4 is 8.32 Å². The van der Waals surface area contributed by atoms with Crippen molar-refractivity contribution in [1.82, 2.24) is 4.90 Å². The summed E-state index contributed by atoms with van der Waals surface area (Å²) in [5.74, 6) is 0.917. The molecule has 1 aliphatic rings. The zero-order valence-corrected chi connectivity index (χ0v) is 23.9. The molecule has 2 atom stereocenters. The van der Waals surface area contributed by atoms with E-state index in [0.29, 0.717) is 23.0 Å². The Labute approximate surface area is 214 Å². The van der Waals surface area contributed by atoms with E-state index in [1.807, 2.05) is 42.5 Å². The van der Waals surface area contributed by atoms with Gasteiger partial charge < -0.3 is 14.6 Å². The summed E-state index contributed by atoms with van der Waals surface area (Å²) < 4.78 is 6.79. The maximum atomic E-state index is 11.2. The molecule has 0 radical (unpaired) electrons. The molecule has 2 aromatic carbocycles. The molecule has 0 aromatic heterocycles. The number of aliphatic hydroxyl groups is 2. The summed E-state index contributed by atoms with van der Waals surface area (Å²) in [6.07, 6.45) is 1.55. The van der Waals surface area contributed by atoms with E-state index in [1.165, 1.54) is 5.56 Å². The Bertz CT molecular complexity index is 883. The summed E-state index contributed by atoms with van der Waals surface area (Å²) in [7, 11) is -2.00. The van der Waals surface area contributed by atoms with Crippen LogP contribution in [0.4, 0.5) is 0 Å². The van der Waals surface area contributed by atoms with Crippen LogP contribution in [0.25, 0.3) is 0 Å². The minimum Gasteiger partial charge on any atom is -0.543 e. The number of likely N-dealkylation sites (tertiary alicyclic amines) is 1. The quantitative estimate of drug-likeness (QED) is 0.357. The summed E-state index contributed by atoms with van der Waals surface area (Å²) in [5.41, 5.74) is 2.99. The van der Waals surface area contributed by atoms with Gasteiger partial charge in [0.2, 0.25) is 0 Å². The topological polar surface area (TPSA) is 52.9 Å². The van der Waals surface area contributed by atoms with E-state index in [4.69, 9.17) is 4.43 Å². The van der Waals surface area contributed by atoms with Gasteiger partial charge in [-0.05, 0) is 59.6 Å². The molecule has 5 heteroatoms. The second-order valence-electron chi connectivity index (χ2n) is 11.6. The number of piperidine rings is 1. The van der Waals surface area contributed by atoms with Gasteiger partial charge in [-0.2, -0.15) is 0 Å². The summed E-state index contributed by atoms with van der Waals surface area (Å²) in [4.78, 5) is 2.31. The average Bonchev–Trinajstić information content (AvgIpc) is 2.82. The van der Waals surface area contributed by atoms with E-state index < -0.39 is 20.0 Å². The molecule has 0 saturated carbocycles. The van der Waals surface area contributed by atoms with Crippen molar-refractivity contribution in [2.24, 2.45) is 0 Å². The Kier molecular flexibility index (Phi) is 9.25. The molecule has 2 aromatic rings. The second kappa shape index (κ2) is 11.6. The van der Waals surface area contributed by atoms with Crippen molar-refractivity contribution in [3.05, 3.63) is 65.7 Å². The van der Waals surface area contributed by atoms with Crippen LogP contribution >= 0.6 is 0 Å². The largest absolute Gasteiger partial charge is 0.543 e. The van der Waals surface area contributed by atoms with Crippen molar-refractivity contribution in [2.75, 3.05) is 13.1 Å². The van der Waals surface area contributed by atoms with Crippen molar-refractivity contribution in [2.45, 2.75) is 102 Å². The number of hydrogen-bond donors (Lipinski definition) is 2. The lowest BCUT2D eigenvalue weighted by Crippen LogP contribution is -2.50. The normalized spacial score (nSPS) is 18.7. The first kappa shape index (κ1) is 27.9. The van der Waals surface area contributed by atoms with E-state index in [1.54, 1.807) is 0 Å². The third-order valence-corrected chi connectivity index (χ3v) is 14.4. The van der Waals surface area contributed by atoms with Gasteiger partial charge in [-0.25, -0.2) is 0 Å². The Hall–Kier alpha value is -1.66.